The highest BCUT2D eigenvalue weighted by atomic mass is 32.1. The van der Waals surface area contributed by atoms with Crippen LogP contribution >= 0.6 is 12.5 Å². The van der Waals surface area contributed by atoms with E-state index in [-0.39, 0.29) is 0 Å². The highest BCUT2D eigenvalue weighted by molar-refractivity contribution is 8.11. The zero-order valence-electron chi connectivity index (χ0n) is 7.01. The molecule has 3 heteroatoms. The second-order valence-corrected chi connectivity index (χ2v) is 3.43. The van der Waals surface area contributed by atoms with Gasteiger partial charge in [-0.25, -0.2) is 0 Å². The smallest absolute Gasteiger partial charge is 0.391 e. The molecule has 0 aromatic heterocycles. The number of thiol groups is 1. The molecule has 0 spiro atoms. The summed E-state index contributed by atoms with van der Waals surface area (Å²) >= 11 is 4.02. The van der Waals surface area contributed by atoms with Gasteiger partial charge >= 0.3 is 6.19 Å². The van der Waals surface area contributed by atoms with Crippen molar-refractivity contribution in [3.63, 3.8) is 0 Å². The van der Waals surface area contributed by atoms with Gasteiger partial charge in [-0.15, -0.1) is 0 Å². The zero-order valence-corrected chi connectivity index (χ0v) is 7.91. The Balaban J connectivity index is 2.76. The lowest BCUT2D eigenvalue weighted by atomic mass is 9.82. The Kier molecular flexibility index (Phi) is 2.29. The van der Waals surface area contributed by atoms with Crippen LogP contribution in [-0.2, 0) is 0 Å². The van der Waals surface area contributed by atoms with Gasteiger partial charge in [-0.2, -0.15) is 12.5 Å². The fraction of sp³-hybridized carbons (Fsp3) is 0. The van der Waals surface area contributed by atoms with Gasteiger partial charge in [-0.1, -0.05) is 42.5 Å². The molecule has 0 atom stereocenters. The van der Waals surface area contributed by atoms with Gasteiger partial charge < -0.3 is 5.02 Å². The van der Waals surface area contributed by atoms with E-state index in [4.69, 9.17) is 0 Å². The Morgan fingerprint density at radius 1 is 1.00 bits per heavy atom. The summed E-state index contributed by atoms with van der Waals surface area (Å²) < 4.78 is 0. The van der Waals surface area contributed by atoms with Crippen molar-refractivity contribution in [1.29, 1.82) is 0 Å². The second-order valence-electron chi connectivity index (χ2n) is 2.94. The SMILES string of the molecule is OB(S)c1cccc2ccccc12. The first kappa shape index (κ1) is 8.66. The molecule has 0 aliphatic rings. The zero-order chi connectivity index (χ0) is 9.26. The van der Waals surface area contributed by atoms with Crippen LogP contribution in [0.2, 0.25) is 0 Å². The molecular formula is C10H9BOS. The molecule has 1 nitrogen and oxygen atoms in total. The molecule has 0 aliphatic carbocycles. The minimum Gasteiger partial charge on any atom is -0.438 e. The largest absolute Gasteiger partial charge is 0.438 e. The molecule has 13 heavy (non-hydrogen) atoms. The molecule has 0 heterocycles. The molecule has 0 fully saturated rings. The molecule has 1 N–H and O–H groups in total. The predicted molar refractivity (Wildman–Crippen MR) is 60.5 cm³/mol. The van der Waals surface area contributed by atoms with Crippen LogP contribution in [-0.4, -0.2) is 11.2 Å². The van der Waals surface area contributed by atoms with Crippen LogP contribution in [0.4, 0.5) is 0 Å². The van der Waals surface area contributed by atoms with E-state index in [2.05, 4.69) is 12.5 Å². The Morgan fingerprint density at radius 3 is 2.46 bits per heavy atom. The van der Waals surface area contributed by atoms with E-state index in [0.29, 0.717) is 0 Å². The van der Waals surface area contributed by atoms with Crippen LogP contribution in [0.25, 0.3) is 10.8 Å². The second kappa shape index (κ2) is 3.44. The molecule has 0 unspecified atom stereocenters. The quantitative estimate of drug-likeness (QED) is 0.512. The van der Waals surface area contributed by atoms with Crippen molar-refractivity contribution in [1.82, 2.24) is 0 Å². The van der Waals surface area contributed by atoms with Crippen LogP contribution in [0, 0.1) is 0 Å². The summed E-state index contributed by atoms with van der Waals surface area (Å²) in [7, 11) is 0. The lowest BCUT2D eigenvalue weighted by molar-refractivity contribution is 0.609. The summed E-state index contributed by atoms with van der Waals surface area (Å²) in [5.74, 6) is 0. The Labute approximate surface area is 82.8 Å². The summed E-state index contributed by atoms with van der Waals surface area (Å²) in [5.41, 5.74) is 0.862. The van der Waals surface area contributed by atoms with Gasteiger partial charge in [0.15, 0.2) is 0 Å². The number of benzene rings is 2. The first-order valence-electron chi connectivity index (χ1n) is 4.13. The monoisotopic (exact) mass is 188 g/mol. The number of hydrogen-bond donors (Lipinski definition) is 2. The standard InChI is InChI=1S/C10H9BOS/c12-11(13)10-7-3-5-8-4-1-2-6-9(8)10/h1-7,12-13H. The molecule has 0 bridgehead atoms. The van der Waals surface area contributed by atoms with E-state index in [9.17, 15) is 5.02 Å². The van der Waals surface area contributed by atoms with Gasteiger partial charge in [0.25, 0.3) is 0 Å². The van der Waals surface area contributed by atoms with Crippen molar-refractivity contribution < 1.29 is 5.02 Å². The fourth-order valence-electron chi connectivity index (χ4n) is 1.48. The van der Waals surface area contributed by atoms with Crippen LogP contribution < -0.4 is 5.46 Å². The summed E-state index contributed by atoms with van der Waals surface area (Å²) in [6.45, 7) is 0. The van der Waals surface area contributed by atoms with E-state index in [1.54, 1.807) is 0 Å². The molecule has 2 aromatic carbocycles. The Hall–Kier alpha value is -0.925. The maximum atomic E-state index is 9.39. The van der Waals surface area contributed by atoms with Gasteiger partial charge in [-0.05, 0) is 16.2 Å². The van der Waals surface area contributed by atoms with Crippen LogP contribution in [0.5, 0.6) is 0 Å². The Bertz CT molecular complexity index is 423. The topological polar surface area (TPSA) is 20.2 Å². The normalized spacial score (nSPS) is 10.3. The number of rotatable bonds is 1. The number of fused-ring (bicyclic) bond motifs is 1. The summed E-state index contributed by atoms with van der Waals surface area (Å²) in [5, 5.41) is 11.6. The molecule has 2 aromatic rings. The summed E-state index contributed by atoms with van der Waals surface area (Å²) in [4.78, 5) is 0. The van der Waals surface area contributed by atoms with Crippen LogP contribution in [0.3, 0.4) is 0 Å². The lowest BCUT2D eigenvalue weighted by Gasteiger charge is -2.04. The highest BCUT2D eigenvalue weighted by Gasteiger charge is 2.10. The van der Waals surface area contributed by atoms with Crippen molar-refractivity contribution >= 4 is 34.9 Å². The number of hydrogen-bond acceptors (Lipinski definition) is 2. The minimum absolute atomic E-state index is 0.703. The Morgan fingerprint density at radius 2 is 1.69 bits per heavy atom. The van der Waals surface area contributed by atoms with Crippen molar-refractivity contribution in [2.45, 2.75) is 0 Å². The highest BCUT2D eigenvalue weighted by Crippen LogP contribution is 2.11. The van der Waals surface area contributed by atoms with Gasteiger partial charge in [0.2, 0.25) is 0 Å². The van der Waals surface area contributed by atoms with Crippen molar-refractivity contribution in [2.24, 2.45) is 0 Å². The third kappa shape index (κ3) is 1.57. The van der Waals surface area contributed by atoms with E-state index < -0.39 is 6.19 Å². The first-order chi connectivity index (χ1) is 6.29. The molecule has 0 saturated heterocycles. The fourth-order valence-corrected chi connectivity index (χ4v) is 1.70. The van der Waals surface area contributed by atoms with E-state index in [0.717, 1.165) is 16.2 Å². The van der Waals surface area contributed by atoms with Crippen LogP contribution in [0.15, 0.2) is 42.5 Å². The van der Waals surface area contributed by atoms with Gasteiger partial charge in [0.1, 0.15) is 0 Å². The third-order valence-electron chi connectivity index (χ3n) is 2.10. The third-order valence-corrected chi connectivity index (χ3v) is 2.38. The molecular weight excluding hydrogens is 179 g/mol. The van der Waals surface area contributed by atoms with E-state index in [1.165, 1.54) is 0 Å². The molecule has 0 saturated carbocycles. The average Bonchev–Trinajstić information content (AvgIpc) is 2.17. The van der Waals surface area contributed by atoms with E-state index >= 15 is 0 Å². The molecule has 64 valence electrons. The van der Waals surface area contributed by atoms with Crippen molar-refractivity contribution in [3.8, 4) is 0 Å². The van der Waals surface area contributed by atoms with E-state index in [1.807, 2.05) is 42.5 Å². The maximum absolute atomic E-state index is 9.39. The van der Waals surface area contributed by atoms with Crippen molar-refractivity contribution in [3.05, 3.63) is 42.5 Å². The summed E-state index contributed by atoms with van der Waals surface area (Å²) in [6.07, 6.45) is -0.703. The molecule has 2 rings (SSSR count). The molecule has 0 aliphatic heterocycles. The maximum Gasteiger partial charge on any atom is 0.391 e. The average molecular weight is 188 g/mol. The molecule has 0 radical (unpaired) electrons. The van der Waals surface area contributed by atoms with Gasteiger partial charge in [-0.3, -0.25) is 0 Å². The van der Waals surface area contributed by atoms with Crippen LogP contribution in [0.1, 0.15) is 0 Å². The minimum atomic E-state index is -0.703. The first-order valence-corrected chi connectivity index (χ1v) is 4.64. The summed E-state index contributed by atoms with van der Waals surface area (Å²) in [6, 6.07) is 13.8. The molecule has 0 amide bonds. The van der Waals surface area contributed by atoms with Crippen molar-refractivity contribution in [2.75, 3.05) is 0 Å². The van der Waals surface area contributed by atoms with Gasteiger partial charge in [0.05, 0.1) is 0 Å². The van der Waals surface area contributed by atoms with Gasteiger partial charge in [0, 0.05) is 0 Å². The predicted octanol–water partition coefficient (Wildman–Crippen LogP) is 1.46. The lowest BCUT2D eigenvalue weighted by Crippen LogP contribution is -2.24.